The predicted octanol–water partition coefficient (Wildman–Crippen LogP) is 4.54. The molecule has 0 saturated heterocycles. The Bertz CT molecular complexity index is 657. The van der Waals surface area contributed by atoms with Gasteiger partial charge >= 0.3 is 0 Å². The summed E-state index contributed by atoms with van der Waals surface area (Å²) in [6.45, 7) is 8.62. The molecule has 0 amide bonds. The molecule has 0 spiro atoms. The van der Waals surface area contributed by atoms with Gasteiger partial charge < -0.3 is 0 Å². The van der Waals surface area contributed by atoms with E-state index >= 15 is 0 Å². The average molecular weight is 290 g/mol. The smallest absolute Gasteiger partial charge is 0.0912 e. The minimum Gasteiger partial charge on any atom is -0.274 e. The molecule has 22 heavy (non-hydrogen) atoms. The Hall–Kier alpha value is -2.22. The van der Waals surface area contributed by atoms with Gasteiger partial charge in [-0.3, -0.25) is 9.98 Å². The van der Waals surface area contributed by atoms with Crippen molar-refractivity contribution in [2.45, 2.75) is 38.8 Å². The van der Waals surface area contributed by atoms with E-state index in [1.165, 1.54) is 0 Å². The quantitative estimate of drug-likeness (QED) is 0.776. The van der Waals surface area contributed by atoms with E-state index in [0.29, 0.717) is 0 Å². The fraction of sp³-hybridized carbons (Fsp3) is 0.300. The second kappa shape index (κ2) is 5.20. The maximum Gasteiger partial charge on any atom is 0.0912 e. The third-order valence-electron chi connectivity index (χ3n) is 4.60. The lowest BCUT2D eigenvalue weighted by atomic mass is 9.80. The van der Waals surface area contributed by atoms with E-state index in [1.807, 2.05) is 36.4 Å². The Morgan fingerprint density at radius 3 is 1.18 bits per heavy atom. The van der Waals surface area contributed by atoms with Crippen LogP contribution in [0.25, 0.3) is 0 Å². The van der Waals surface area contributed by atoms with Crippen molar-refractivity contribution in [2.75, 3.05) is 0 Å². The molecule has 0 unspecified atom stereocenters. The number of rotatable bonds is 2. The van der Waals surface area contributed by atoms with Crippen LogP contribution < -0.4 is 0 Å². The van der Waals surface area contributed by atoms with Gasteiger partial charge in [-0.1, -0.05) is 60.7 Å². The molecule has 0 saturated carbocycles. The molecular formula is C20H22N2. The first-order valence-electron chi connectivity index (χ1n) is 7.72. The second-order valence-electron chi connectivity index (χ2n) is 6.77. The topological polar surface area (TPSA) is 24.7 Å². The van der Waals surface area contributed by atoms with Crippen molar-refractivity contribution >= 4 is 11.4 Å². The number of aliphatic imine (C=N–C) groups is 2. The zero-order valence-electron chi connectivity index (χ0n) is 13.7. The highest BCUT2D eigenvalue weighted by atomic mass is 15.0. The van der Waals surface area contributed by atoms with Crippen molar-refractivity contribution in [3.05, 3.63) is 71.8 Å². The van der Waals surface area contributed by atoms with Gasteiger partial charge in [0.05, 0.1) is 22.5 Å². The number of hydrogen-bond acceptors (Lipinski definition) is 2. The summed E-state index contributed by atoms with van der Waals surface area (Å²) in [5, 5.41) is 0. The fourth-order valence-electron chi connectivity index (χ4n) is 2.53. The van der Waals surface area contributed by atoms with Crippen LogP contribution in [0.15, 0.2) is 70.6 Å². The van der Waals surface area contributed by atoms with Gasteiger partial charge in [-0.2, -0.15) is 0 Å². The lowest BCUT2D eigenvalue weighted by Crippen LogP contribution is -2.48. The van der Waals surface area contributed by atoms with Gasteiger partial charge in [0.25, 0.3) is 0 Å². The average Bonchev–Trinajstić information content (AvgIpc) is 2.51. The van der Waals surface area contributed by atoms with Crippen LogP contribution in [0.2, 0.25) is 0 Å². The molecule has 0 fully saturated rings. The zero-order valence-corrected chi connectivity index (χ0v) is 13.7. The van der Waals surface area contributed by atoms with Crippen LogP contribution in [0.4, 0.5) is 0 Å². The first-order chi connectivity index (χ1) is 10.4. The standard InChI is InChI=1S/C20H22N2/c1-19(2)20(3,4)22-18(16-13-9-6-10-14-16)17(21-19)15-11-7-5-8-12-15/h5-14H,1-4H3. The minimum atomic E-state index is -0.240. The van der Waals surface area contributed by atoms with Gasteiger partial charge in [-0.15, -0.1) is 0 Å². The Kier molecular flexibility index (Phi) is 3.48. The first kappa shape index (κ1) is 14.7. The minimum absolute atomic E-state index is 0.240. The molecule has 2 heteroatoms. The van der Waals surface area contributed by atoms with E-state index in [4.69, 9.17) is 9.98 Å². The van der Waals surface area contributed by atoms with Crippen molar-refractivity contribution in [1.29, 1.82) is 0 Å². The molecule has 0 aromatic heterocycles. The van der Waals surface area contributed by atoms with Crippen LogP contribution in [0, 0.1) is 0 Å². The number of hydrogen-bond donors (Lipinski definition) is 0. The molecule has 0 aliphatic carbocycles. The molecule has 1 aliphatic heterocycles. The van der Waals surface area contributed by atoms with Crippen molar-refractivity contribution in [3.8, 4) is 0 Å². The SMILES string of the molecule is CC1(C)N=C(c2ccccc2)C(c2ccccc2)=NC1(C)C. The van der Waals surface area contributed by atoms with Crippen LogP contribution in [-0.4, -0.2) is 22.5 Å². The highest BCUT2D eigenvalue weighted by Gasteiger charge is 2.41. The summed E-state index contributed by atoms with van der Waals surface area (Å²) in [7, 11) is 0. The summed E-state index contributed by atoms with van der Waals surface area (Å²) in [6.07, 6.45) is 0. The van der Waals surface area contributed by atoms with E-state index in [9.17, 15) is 0 Å². The Labute approximate surface area is 132 Å². The van der Waals surface area contributed by atoms with Crippen molar-refractivity contribution < 1.29 is 0 Å². The third kappa shape index (κ3) is 2.50. The molecule has 2 nitrogen and oxygen atoms in total. The predicted molar refractivity (Wildman–Crippen MR) is 94.1 cm³/mol. The van der Waals surface area contributed by atoms with Crippen LogP contribution in [-0.2, 0) is 0 Å². The van der Waals surface area contributed by atoms with E-state index in [2.05, 4.69) is 52.0 Å². The van der Waals surface area contributed by atoms with Gasteiger partial charge in [0.1, 0.15) is 0 Å². The summed E-state index contributed by atoms with van der Waals surface area (Å²) in [5.74, 6) is 0. The molecule has 1 aliphatic rings. The maximum atomic E-state index is 5.08. The van der Waals surface area contributed by atoms with Crippen LogP contribution in [0.1, 0.15) is 38.8 Å². The summed E-state index contributed by atoms with van der Waals surface area (Å²) < 4.78 is 0. The van der Waals surface area contributed by atoms with E-state index in [1.54, 1.807) is 0 Å². The Morgan fingerprint density at radius 2 is 0.864 bits per heavy atom. The molecule has 2 aromatic rings. The molecule has 0 bridgehead atoms. The normalized spacial score (nSPS) is 19.3. The molecule has 112 valence electrons. The van der Waals surface area contributed by atoms with E-state index in [-0.39, 0.29) is 11.1 Å². The molecule has 2 aromatic carbocycles. The van der Waals surface area contributed by atoms with Crippen molar-refractivity contribution in [3.63, 3.8) is 0 Å². The monoisotopic (exact) mass is 290 g/mol. The van der Waals surface area contributed by atoms with Crippen LogP contribution >= 0.6 is 0 Å². The van der Waals surface area contributed by atoms with Gasteiger partial charge in [-0.25, -0.2) is 0 Å². The number of nitrogens with zero attached hydrogens (tertiary/aromatic N) is 2. The molecular weight excluding hydrogens is 268 g/mol. The molecule has 0 atom stereocenters. The third-order valence-corrected chi connectivity index (χ3v) is 4.60. The van der Waals surface area contributed by atoms with Crippen molar-refractivity contribution in [2.24, 2.45) is 9.98 Å². The fourth-order valence-corrected chi connectivity index (χ4v) is 2.53. The molecule has 0 radical (unpaired) electrons. The largest absolute Gasteiger partial charge is 0.274 e. The van der Waals surface area contributed by atoms with Gasteiger partial charge in [0, 0.05) is 11.1 Å². The van der Waals surface area contributed by atoms with Gasteiger partial charge in [0.2, 0.25) is 0 Å². The summed E-state index contributed by atoms with van der Waals surface area (Å²) >= 11 is 0. The molecule has 0 N–H and O–H groups in total. The lowest BCUT2D eigenvalue weighted by Gasteiger charge is -2.40. The number of benzene rings is 2. The van der Waals surface area contributed by atoms with Gasteiger partial charge in [0.15, 0.2) is 0 Å². The summed E-state index contributed by atoms with van der Waals surface area (Å²) in [6, 6.07) is 20.7. The van der Waals surface area contributed by atoms with Gasteiger partial charge in [-0.05, 0) is 27.7 Å². The summed E-state index contributed by atoms with van der Waals surface area (Å²) in [4.78, 5) is 10.2. The Morgan fingerprint density at radius 1 is 0.545 bits per heavy atom. The maximum absolute atomic E-state index is 5.08. The zero-order chi connectivity index (χ0) is 15.8. The molecule has 1 heterocycles. The van der Waals surface area contributed by atoms with Crippen LogP contribution in [0.5, 0.6) is 0 Å². The highest BCUT2D eigenvalue weighted by molar-refractivity contribution is 6.54. The molecule has 3 rings (SSSR count). The van der Waals surface area contributed by atoms with Crippen molar-refractivity contribution in [1.82, 2.24) is 0 Å². The summed E-state index contributed by atoms with van der Waals surface area (Å²) in [5.41, 5.74) is 3.72. The lowest BCUT2D eigenvalue weighted by molar-refractivity contribution is 0.312. The highest BCUT2D eigenvalue weighted by Crippen LogP contribution is 2.34. The second-order valence-corrected chi connectivity index (χ2v) is 6.77. The van der Waals surface area contributed by atoms with Crippen LogP contribution in [0.3, 0.4) is 0 Å². The van der Waals surface area contributed by atoms with E-state index in [0.717, 1.165) is 22.6 Å². The van der Waals surface area contributed by atoms with E-state index < -0.39 is 0 Å². The Balaban J connectivity index is 2.20. The first-order valence-corrected chi connectivity index (χ1v) is 7.72.